The van der Waals surface area contributed by atoms with Gasteiger partial charge in [-0.15, -0.1) is 11.8 Å². The van der Waals surface area contributed by atoms with Gasteiger partial charge >= 0.3 is 0 Å². The van der Waals surface area contributed by atoms with Crippen LogP contribution in [0.5, 0.6) is 0 Å². The standard InChI is InChI=1S/C11H18N2S/c1-12-8-11(13-2)9-4-6-10(14-3)7-5-9/h4-7,11-13H,8H2,1-3H3. The first-order valence-corrected chi connectivity index (χ1v) is 6.00. The number of hydrogen-bond donors (Lipinski definition) is 2. The summed E-state index contributed by atoms with van der Waals surface area (Å²) in [5.74, 6) is 0. The summed E-state index contributed by atoms with van der Waals surface area (Å²) >= 11 is 1.77. The zero-order valence-corrected chi connectivity index (χ0v) is 9.82. The van der Waals surface area contributed by atoms with Gasteiger partial charge in [0.15, 0.2) is 0 Å². The summed E-state index contributed by atoms with van der Waals surface area (Å²) in [6.45, 7) is 0.953. The van der Waals surface area contributed by atoms with E-state index in [9.17, 15) is 0 Å². The third-order valence-corrected chi connectivity index (χ3v) is 3.02. The second-order valence-electron chi connectivity index (χ2n) is 3.17. The van der Waals surface area contributed by atoms with E-state index >= 15 is 0 Å². The molecule has 3 heteroatoms. The number of benzene rings is 1. The normalized spacial score (nSPS) is 12.8. The maximum absolute atomic E-state index is 3.29. The second-order valence-corrected chi connectivity index (χ2v) is 4.05. The molecule has 0 saturated heterocycles. The Kier molecular flexibility index (Phi) is 5.01. The molecule has 2 nitrogen and oxygen atoms in total. The Morgan fingerprint density at radius 1 is 1.21 bits per heavy atom. The van der Waals surface area contributed by atoms with E-state index in [-0.39, 0.29) is 0 Å². The first-order valence-electron chi connectivity index (χ1n) is 4.77. The van der Waals surface area contributed by atoms with E-state index in [2.05, 4.69) is 41.2 Å². The summed E-state index contributed by atoms with van der Waals surface area (Å²) in [4.78, 5) is 1.31. The molecule has 2 N–H and O–H groups in total. The van der Waals surface area contributed by atoms with E-state index in [0.717, 1.165) is 6.54 Å². The molecule has 0 aliphatic heterocycles. The monoisotopic (exact) mass is 210 g/mol. The van der Waals surface area contributed by atoms with Crippen LogP contribution in [0.4, 0.5) is 0 Å². The van der Waals surface area contributed by atoms with E-state index in [0.29, 0.717) is 6.04 Å². The molecule has 0 amide bonds. The van der Waals surface area contributed by atoms with Crippen molar-refractivity contribution < 1.29 is 0 Å². The van der Waals surface area contributed by atoms with Crippen molar-refractivity contribution in [3.63, 3.8) is 0 Å². The third-order valence-electron chi connectivity index (χ3n) is 2.27. The van der Waals surface area contributed by atoms with Crippen LogP contribution in [0.15, 0.2) is 29.2 Å². The van der Waals surface area contributed by atoms with Crippen LogP contribution in [0.1, 0.15) is 11.6 Å². The maximum atomic E-state index is 3.29. The number of nitrogens with one attached hydrogen (secondary N) is 2. The van der Waals surface area contributed by atoms with Crippen LogP contribution in [-0.2, 0) is 0 Å². The van der Waals surface area contributed by atoms with Crippen molar-refractivity contribution in [3.05, 3.63) is 29.8 Å². The first kappa shape index (κ1) is 11.6. The van der Waals surface area contributed by atoms with E-state index < -0.39 is 0 Å². The Bertz CT molecular complexity index is 258. The van der Waals surface area contributed by atoms with Crippen LogP contribution in [0.25, 0.3) is 0 Å². The summed E-state index contributed by atoms with van der Waals surface area (Å²) in [5.41, 5.74) is 1.33. The lowest BCUT2D eigenvalue weighted by molar-refractivity contribution is 0.558. The van der Waals surface area contributed by atoms with Gasteiger partial charge in [-0.1, -0.05) is 12.1 Å². The van der Waals surface area contributed by atoms with Crippen LogP contribution in [0.2, 0.25) is 0 Å². The number of thioether (sulfide) groups is 1. The van der Waals surface area contributed by atoms with Gasteiger partial charge in [-0.3, -0.25) is 0 Å². The minimum atomic E-state index is 0.399. The summed E-state index contributed by atoms with van der Waals surface area (Å²) < 4.78 is 0. The van der Waals surface area contributed by atoms with Crippen molar-refractivity contribution in [2.45, 2.75) is 10.9 Å². The Balaban J connectivity index is 2.73. The van der Waals surface area contributed by atoms with Gasteiger partial charge in [0, 0.05) is 17.5 Å². The molecular formula is C11H18N2S. The molecule has 0 heterocycles. The third kappa shape index (κ3) is 3.01. The molecule has 0 saturated carbocycles. The van der Waals surface area contributed by atoms with Crippen LogP contribution in [0, 0.1) is 0 Å². The van der Waals surface area contributed by atoms with Crippen LogP contribution in [0.3, 0.4) is 0 Å². The van der Waals surface area contributed by atoms with Crippen molar-refractivity contribution in [1.82, 2.24) is 10.6 Å². The topological polar surface area (TPSA) is 24.1 Å². The first-order chi connectivity index (χ1) is 6.81. The quantitative estimate of drug-likeness (QED) is 0.726. The molecule has 0 aliphatic carbocycles. The maximum Gasteiger partial charge on any atom is 0.0444 e. The fourth-order valence-electron chi connectivity index (χ4n) is 1.43. The van der Waals surface area contributed by atoms with Gasteiger partial charge in [-0.05, 0) is 38.0 Å². The van der Waals surface area contributed by atoms with E-state index in [1.54, 1.807) is 11.8 Å². The largest absolute Gasteiger partial charge is 0.318 e. The minimum Gasteiger partial charge on any atom is -0.318 e. The lowest BCUT2D eigenvalue weighted by Gasteiger charge is -2.16. The lowest BCUT2D eigenvalue weighted by Crippen LogP contribution is -2.27. The van der Waals surface area contributed by atoms with Crippen molar-refractivity contribution in [1.29, 1.82) is 0 Å². The second kappa shape index (κ2) is 6.06. The van der Waals surface area contributed by atoms with Gasteiger partial charge in [-0.2, -0.15) is 0 Å². The van der Waals surface area contributed by atoms with Gasteiger partial charge in [0.1, 0.15) is 0 Å². The van der Waals surface area contributed by atoms with Gasteiger partial charge in [0.25, 0.3) is 0 Å². The highest BCUT2D eigenvalue weighted by molar-refractivity contribution is 7.98. The SMILES string of the molecule is CNCC(NC)c1ccc(SC)cc1. The molecule has 0 fully saturated rings. The van der Waals surface area contributed by atoms with Crippen LogP contribution < -0.4 is 10.6 Å². The summed E-state index contributed by atoms with van der Waals surface area (Å²) in [5, 5.41) is 6.47. The predicted octanol–water partition coefficient (Wildman–Crippen LogP) is 1.89. The average Bonchev–Trinajstić information content (AvgIpc) is 2.26. The van der Waals surface area contributed by atoms with E-state index in [1.807, 2.05) is 14.1 Å². The molecule has 0 spiro atoms. The number of hydrogen-bond acceptors (Lipinski definition) is 3. The molecular weight excluding hydrogens is 192 g/mol. The highest BCUT2D eigenvalue weighted by Crippen LogP contribution is 2.18. The molecule has 1 rings (SSSR count). The van der Waals surface area contributed by atoms with Gasteiger partial charge in [0.2, 0.25) is 0 Å². The minimum absolute atomic E-state index is 0.399. The fraction of sp³-hybridized carbons (Fsp3) is 0.455. The highest BCUT2D eigenvalue weighted by Gasteiger charge is 2.06. The Morgan fingerprint density at radius 2 is 1.86 bits per heavy atom. The Morgan fingerprint density at radius 3 is 2.29 bits per heavy atom. The highest BCUT2D eigenvalue weighted by atomic mass is 32.2. The van der Waals surface area contributed by atoms with Gasteiger partial charge in [-0.25, -0.2) is 0 Å². The number of likely N-dealkylation sites (N-methyl/N-ethyl adjacent to an activating group) is 2. The molecule has 0 bridgehead atoms. The molecule has 0 aliphatic rings. The van der Waals surface area contributed by atoms with Crippen molar-refractivity contribution in [2.24, 2.45) is 0 Å². The van der Waals surface area contributed by atoms with Gasteiger partial charge < -0.3 is 10.6 Å². The molecule has 1 atom stereocenters. The fourth-order valence-corrected chi connectivity index (χ4v) is 1.84. The predicted molar refractivity (Wildman–Crippen MR) is 64.0 cm³/mol. The molecule has 14 heavy (non-hydrogen) atoms. The van der Waals surface area contributed by atoms with Crippen molar-refractivity contribution in [3.8, 4) is 0 Å². The number of rotatable bonds is 5. The van der Waals surface area contributed by atoms with Crippen molar-refractivity contribution in [2.75, 3.05) is 26.9 Å². The van der Waals surface area contributed by atoms with E-state index in [4.69, 9.17) is 0 Å². The smallest absolute Gasteiger partial charge is 0.0444 e. The Labute approximate surface area is 90.5 Å². The Hall–Kier alpha value is -0.510. The molecule has 0 aromatic heterocycles. The molecule has 0 radical (unpaired) electrons. The summed E-state index contributed by atoms with van der Waals surface area (Å²) in [6.07, 6.45) is 2.10. The summed E-state index contributed by atoms with van der Waals surface area (Å²) in [7, 11) is 3.96. The summed E-state index contributed by atoms with van der Waals surface area (Å²) in [6, 6.07) is 9.10. The van der Waals surface area contributed by atoms with Crippen molar-refractivity contribution >= 4 is 11.8 Å². The van der Waals surface area contributed by atoms with Crippen LogP contribution >= 0.6 is 11.8 Å². The zero-order valence-electron chi connectivity index (χ0n) is 9.00. The molecule has 1 unspecified atom stereocenters. The molecule has 78 valence electrons. The van der Waals surface area contributed by atoms with Gasteiger partial charge in [0.05, 0.1) is 0 Å². The molecule has 1 aromatic rings. The zero-order chi connectivity index (χ0) is 10.4. The lowest BCUT2D eigenvalue weighted by atomic mass is 10.1. The van der Waals surface area contributed by atoms with E-state index in [1.165, 1.54) is 10.5 Å². The van der Waals surface area contributed by atoms with Crippen LogP contribution in [-0.4, -0.2) is 26.9 Å². The molecule has 1 aromatic carbocycles. The average molecular weight is 210 g/mol.